The quantitative estimate of drug-likeness (QED) is 0.785. The molecule has 0 aromatic heterocycles. The summed E-state index contributed by atoms with van der Waals surface area (Å²) in [5, 5.41) is 0. The molecule has 0 amide bonds. The van der Waals surface area contributed by atoms with Crippen LogP contribution in [0.15, 0.2) is 54.6 Å². The Bertz CT molecular complexity index is 586. The third-order valence-corrected chi connectivity index (χ3v) is 5.20. The van der Waals surface area contributed by atoms with E-state index in [9.17, 15) is 0 Å². The summed E-state index contributed by atoms with van der Waals surface area (Å²) >= 11 is 0. The van der Waals surface area contributed by atoms with Crippen molar-refractivity contribution in [2.24, 2.45) is 0 Å². The molecule has 2 aromatic rings. The largest absolute Gasteiger partial charge is 0.326 e. The van der Waals surface area contributed by atoms with Crippen molar-refractivity contribution >= 4 is 0 Å². The highest BCUT2D eigenvalue weighted by Crippen LogP contribution is 2.04. The zero-order valence-electron chi connectivity index (χ0n) is 14.4. The molecule has 0 aliphatic carbocycles. The minimum atomic E-state index is 1.20. The van der Waals surface area contributed by atoms with Crippen molar-refractivity contribution in [3.05, 3.63) is 71.3 Å². The van der Waals surface area contributed by atoms with Gasteiger partial charge in [-0.3, -0.25) is 0 Å². The summed E-state index contributed by atoms with van der Waals surface area (Å²) in [7, 11) is 0. The summed E-state index contributed by atoms with van der Waals surface area (Å²) in [6, 6.07) is 19.7. The molecule has 23 heavy (non-hydrogen) atoms. The Balaban J connectivity index is 1.38. The van der Waals surface area contributed by atoms with E-state index in [0.29, 0.717) is 0 Å². The fourth-order valence-corrected chi connectivity index (χ4v) is 3.65. The molecule has 1 fully saturated rings. The number of quaternary nitrogens is 2. The Labute approximate surface area is 140 Å². The maximum atomic E-state index is 2.29. The maximum Gasteiger partial charge on any atom is 0.127 e. The lowest BCUT2D eigenvalue weighted by atomic mass is 10.1. The number of rotatable bonds is 6. The zero-order valence-corrected chi connectivity index (χ0v) is 14.4. The van der Waals surface area contributed by atoms with Crippen LogP contribution in [0.2, 0.25) is 0 Å². The molecule has 0 radical (unpaired) electrons. The molecule has 2 aromatic carbocycles. The van der Waals surface area contributed by atoms with Gasteiger partial charge < -0.3 is 9.80 Å². The predicted molar refractivity (Wildman–Crippen MR) is 95.9 cm³/mol. The van der Waals surface area contributed by atoms with Crippen LogP contribution in [0, 0.1) is 6.92 Å². The van der Waals surface area contributed by atoms with Crippen molar-refractivity contribution in [3.8, 4) is 0 Å². The van der Waals surface area contributed by atoms with Crippen molar-refractivity contribution in [2.45, 2.75) is 26.3 Å². The monoisotopic (exact) mass is 310 g/mol. The van der Waals surface area contributed by atoms with E-state index in [4.69, 9.17) is 0 Å². The molecule has 2 nitrogen and oxygen atoms in total. The van der Waals surface area contributed by atoms with Gasteiger partial charge in [0, 0.05) is 12.0 Å². The van der Waals surface area contributed by atoms with Gasteiger partial charge in [-0.25, -0.2) is 0 Å². The van der Waals surface area contributed by atoms with E-state index in [1.807, 2.05) is 0 Å². The Morgan fingerprint density at radius 1 is 0.783 bits per heavy atom. The third kappa shape index (κ3) is 4.92. The van der Waals surface area contributed by atoms with Crippen LogP contribution in [-0.2, 0) is 13.0 Å². The van der Waals surface area contributed by atoms with Crippen LogP contribution in [0.25, 0.3) is 0 Å². The van der Waals surface area contributed by atoms with Gasteiger partial charge in [-0.2, -0.15) is 0 Å². The molecule has 1 heterocycles. The Morgan fingerprint density at radius 3 is 2.17 bits per heavy atom. The van der Waals surface area contributed by atoms with Crippen molar-refractivity contribution < 1.29 is 9.80 Å². The van der Waals surface area contributed by atoms with Crippen LogP contribution < -0.4 is 9.80 Å². The predicted octanol–water partition coefficient (Wildman–Crippen LogP) is 0.911. The van der Waals surface area contributed by atoms with Crippen molar-refractivity contribution in [3.63, 3.8) is 0 Å². The van der Waals surface area contributed by atoms with Crippen molar-refractivity contribution in [1.29, 1.82) is 0 Å². The second kappa shape index (κ2) is 8.28. The van der Waals surface area contributed by atoms with Gasteiger partial charge >= 0.3 is 0 Å². The zero-order chi connectivity index (χ0) is 15.9. The first kappa shape index (κ1) is 16.2. The van der Waals surface area contributed by atoms with Gasteiger partial charge in [0.1, 0.15) is 32.7 Å². The molecule has 0 bridgehead atoms. The summed E-state index contributed by atoms with van der Waals surface area (Å²) in [6.07, 6.45) is 2.54. The molecular weight excluding hydrogens is 280 g/mol. The molecule has 1 saturated heterocycles. The number of aryl methyl sites for hydroxylation is 2. The van der Waals surface area contributed by atoms with Crippen molar-refractivity contribution in [1.82, 2.24) is 0 Å². The van der Waals surface area contributed by atoms with Crippen LogP contribution in [0.1, 0.15) is 23.1 Å². The van der Waals surface area contributed by atoms with Crippen molar-refractivity contribution in [2.75, 3.05) is 32.7 Å². The highest BCUT2D eigenvalue weighted by molar-refractivity contribution is 5.24. The van der Waals surface area contributed by atoms with Gasteiger partial charge in [0.05, 0.1) is 6.54 Å². The maximum absolute atomic E-state index is 2.29. The second-order valence-corrected chi connectivity index (χ2v) is 6.94. The first-order valence-corrected chi connectivity index (χ1v) is 9.07. The Hall–Kier alpha value is -1.64. The Kier molecular flexibility index (Phi) is 5.84. The minimum absolute atomic E-state index is 1.20. The smallest absolute Gasteiger partial charge is 0.127 e. The summed E-state index contributed by atoms with van der Waals surface area (Å²) in [6.45, 7) is 10.0. The van der Waals surface area contributed by atoms with Gasteiger partial charge in [-0.1, -0.05) is 54.6 Å². The van der Waals surface area contributed by atoms with Gasteiger partial charge in [0.15, 0.2) is 0 Å². The lowest BCUT2D eigenvalue weighted by molar-refractivity contribution is -1.02. The molecular formula is C21H30N2+2. The van der Waals surface area contributed by atoms with E-state index >= 15 is 0 Å². The number of hydrogen-bond acceptors (Lipinski definition) is 0. The first-order valence-electron chi connectivity index (χ1n) is 9.07. The second-order valence-electron chi connectivity index (χ2n) is 6.94. The third-order valence-electron chi connectivity index (χ3n) is 5.20. The van der Waals surface area contributed by atoms with Crippen LogP contribution >= 0.6 is 0 Å². The average Bonchev–Trinajstić information content (AvgIpc) is 2.59. The summed E-state index contributed by atoms with van der Waals surface area (Å²) in [4.78, 5) is 3.56. The van der Waals surface area contributed by atoms with Gasteiger partial charge in [-0.15, -0.1) is 0 Å². The normalized spacial score (nSPS) is 21.3. The number of benzene rings is 2. The van der Waals surface area contributed by atoms with E-state index < -0.39 is 0 Å². The average molecular weight is 310 g/mol. The highest BCUT2D eigenvalue weighted by atomic mass is 15.3. The first-order chi connectivity index (χ1) is 11.3. The lowest BCUT2D eigenvalue weighted by Gasteiger charge is -2.30. The van der Waals surface area contributed by atoms with Crippen LogP contribution in [0.3, 0.4) is 0 Å². The standard InChI is InChI=1S/C21H28N2/c1-19-8-5-6-12-21(19)18-23-16-14-22(15-17-23)13-7-11-20-9-3-2-4-10-20/h2-6,8-10,12H,7,11,13-18H2,1H3/p+2. The molecule has 0 saturated carbocycles. The van der Waals surface area contributed by atoms with E-state index in [2.05, 4.69) is 61.5 Å². The Morgan fingerprint density at radius 2 is 1.43 bits per heavy atom. The molecule has 1 aliphatic heterocycles. The van der Waals surface area contributed by atoms with E-state index in [0.717, 1.165) is 0 Å². The summed E-state index contributed by atoms with van der Waals surface area (Å²) in [5.41, 5.74) is 4.45. The lowest BCUT2D eigenvalue weighted by Crippen LogP contribution is -3.27. The van der Waals surface area contributed by atoms with E-state index in [1.165, 1.54) is 68.8 Å². The topological polar surface area (TPSA) is 8.88 Å². The van der Waals surface area contributed by atoms with E-state index in [1.54, 1.807) is 9.80 Å². The molecule has 1 aliphatic rings. The number of piperazine rings is 1. The molecule has 3 rings (SSSR count). The summed E-state index contributed by atoms with van der Waals surface area (Å²) in [5.74, 6) is 0. The fraction of sp³-hybridized carbons (Fsp3) is 0.429. The highest BCUT2D eigenvalue weighted by Gasteiger charge is 2.22. The van der Waals surface area contributed by atoms with E-state index in [-0.39, 0.29) is 0 Å². The molecule has 0 spiro atoms. The van der Waals surface area contributed by atoms with Crippen LogP contribution in [0.4, 0.5) is 0 Å². The number of nitrogens with one attached hydrogen (secondary N) is 2. The molecule has 122 valence electrons. The van der Waals surface area contributed by atoms with Crippen LogP contribution in [0.5, 0.6) is 0 Å². The molecule has 2 N–H and O–H groups in total. The molecule has 0 unspecified atom stereocenters. The minimum Gasteiger partial charge on any atom is -0.326 e. The van der Waals surface area contributed by atoms with Gasteiger partial charge in [0.25, 0.3) is 0 Å². The fourth-order valence-electron chi connectivity index (χ4n) is 3.65. The van der Waals surface area contributed by atoms with Crippen LogP contribution in [-0.4, -0.2) is 32.7 Å². The number of hydrogen-bond donors (Lipinski definition) is 2. The summed E-state index contributed by atoms with van der Waals surface area (Å²) < 4.78 is 0. The van der Waals surface area contributed by atoms with Gasteiger partial charge in [0.2, 0.25) is 0 Å². The molecule has 2 heteroatoms. The molecule has 0 atom stereocenters. The van der Waals surface area contributed by atoms with Gasteiger partial charge in [-0.05, 0) is 24.5 Å². The SMILES string of the molecule is Cc1ccccc1C[NH+]1CC[NH+](CCCc2ccccc2)CC1.